The third-order valence-electron chi connectivity index (χ3n) is 13.0. The highest BCUT2D eigenvalue weighted by atomic mass is 14.7. The quantitative estimate of drug-likeness (QED) is 0.184. The number of rotatable bonds is 2. The van der Waals surface area contributed by atoms with Crippen LogP contribution in [0, 0.1) is 5.41 Å². The fourth-order valence-corrected chi connectivity index (χ4v) is 9.55. The average Bonchev–Trinajstić information content (AvgIpc) is 3.27. The summed E-state index contributed by atoms with van der Waals surface area (Å²) in [6.45, 7) is 24.0. The Kier molecular flexibility index (Phi) is 5.78. The van der Waals surface area contributed by atoms with Crippen molar-refractivity contribution in [1.29, 1.82) is 0 Å². The number of aromatic nitrogens is 2. The lowest BCUT2D eigenvalue weighted by molar-refractivity contribution is 0.125. The van der Waals surface area contributed by atoms with Crippen LogP contribution in [-0.4, -0.2) is 9.97 Å². The Morgan fingerprint density at radius 3 is 1.96 bits per heavy atom. The van der Waals surface area contributed by atoms with Crippen LogP contribution in [0.4, 0.5) is 0 Å². The van der Waals surface area contributed by atoms with Crippen LogP contribution in [0.3, 0.4) is 0 Å². The molecule has 0 saturated heterocycles. The van der Waals surface area contributed by atoms with Gasteiger partial charge in [-0.15, -0.1) is 0 Å². The van der Waals surface area contributed by atoms with Gasteiger partial charge in [0.05, 0.1) is 11.2 Å². The number of hydrogen-bond donors (Lipinski definition) is 0. The molecule has 0 radical (unpaired) electrons. The molecule has 2 aromatic heterocycles. The second-order valence-corrected chi connectivity index (χ2v) is 17.1. The van der Waals surface area contributed by atoms with Gasteiger partial charge < -0.3 is 0 Å². The monoisotopic (exact) mass is 602 g/mol. The Morgan fingerprint density at radius 2 is 1.20 bits per heavy atom. The largest absolute Gasteiger partial charge is 0.255 e. The van der Waals surface area contributed by atoms with Gasteiger partial charge in [0.2, 0.25) is 0 Å². The number of nitrogens with zero attached hydrogens (tertiary/aromatic N) is 2. The number of pyridine rings is 2. The van der Waals surface area contributed by atoms with Crippen molar-refractivity contribution in [3.63, 3.8) is 0 Å². The minimum absolute atomic E-state index is 0.0494. The molecule has 8 rings (SSSR count). The van der Waals surface area contributed by atoms with Gasteiger partial charge in [0.25, 0.3) is 0 Å². The smallest absolute Gasteiger partial charge is 0.0783 e. The lowest BCUT2D eigenvalue weighted by atomic mass is 9.59. The molecule has 2 aliphatic carbocycles. The van der Waals surface area contributed by atoms with E-state index in [0.29, 0.717) is 0 Å². The highest BCUT2D eigenvalue weighted by Gasteiger charge is 2.56. The Bertz CT molecular complexity index is 2260. The molecule has 0 atom stereocenters. The minimum Gasteiger partial charge on any atom is -0.255 e. The summed E-state index contributed by atoms with van der Waals surface area (Å²) in [6.07, 6.45) is 5.38. The zero-order chi connectivity index (χ0) is 32.6. The second-order valence-electron chi connectivity index (χ2n) is 17.1. The van der Waals surface area contributed by atoms with Crippen LogP contribution in [0.15, 0.2) is 85.2 Å². The van der Waals surface area contributed by atoms with Crippen molar-refractivity contribution in [2.75, 3.05) is 0 Å². The Labute approximate surface area is 274 Å². The highest BCUT2D eigenvalue weighted by molar-refractivity contribution is 6.09. The van der Waals surface area contributed by atoms with Gasteiger partial charge in [0.15, 0.2) is 0 Å². The molecule has 0 aliphatic heterocycles. The van der Waals surface area contributed by atoms with Crippen LogP contribution in [-0.2, 0) is 21.7 Å². The highest BCUT2D eigenvalue weighted by Crippen LogP contribution is 2.62. The summed E-state index contributed by atoms with van der Waals surface area (Å²) >= 11 is 0. The first-order valence-corrected chi connectivity index (χ1v) is 17.0. The van der Waals surface area contributed by atoms with Gasteiger partial charge in [0, 0.05) is 39.7 Å². The molecule has 0 amide bonds. The molecule has 0 spiro atoms. The van der Waals surface area contributed by atoms with Crippen molar-refractivity contribution in [1.82, 2.24) is 9.97 Å². The van der Waals surface area contributed by atoms with E-state index in [1.807, 2.05) is 0 Å². The van der Waals surface area contributed by atoms with Crippen molar-refractivity contribution in [2.45, 2.75) is 97.3 Å². The predicted molar refractivity (Wildman–Crippen MR) is 196 cm³/mol. The molecule has 0 unspecified atom stereocenters. The van der Waals surface area contributed by atoms with E-state index >= 15 is 0 Å². The van der Waals surface area contributed by atoms with Crippen LogP contribution in [0.5, 0.6) is 0 Å². The summed E-state index contributed by atoms with van der Waals surface area (Å²) in [5.41, 5.74) is 12.0. The molecular weight excluding hydrogens is 556 g/mol. The first-order chi connectivity index (χ1) is 21.6. The van der Waals surface area contributed by atoms with E-state index in [-0.39, 0.29) is 27.1 Å². The summed E-state index contributed by atoms with van der Waals surface area (Å²) in [5.74, 6) is 0. The van der Waals surface area contributed by atoms with Crippen molar-refractivity contribution in [3.05, 3.63) is 107 Å². The maximum Gasteiger partial charge on any atom is 0.0783 e. The molecule has 2 heterocycles. The van der Waals surface area contributed by atoms with Crippen molar-refractivity contribution < 1.29 is 0 Å². The van der Waals surface area contributed by atoms with Gasteiger partial charge in [0.1, 0.15) is 0 Å². The van der Waals surface area contributed by atoms with Crippen LogP contribution >= 0.6 is 0 Å². The topological polar surface area (TPSA) is 25.8 Å². The van der Waals surface area contributed by atoms with Crippen LogP contribution in [0.25, 0.3) is 54.8 Å². The molecule has 6 aromatic rings. The first kappa shape index (κ1) is 29.4. The van der Waals surface area contributed by atoms with Crippen LogP contribution < -0.4 is 0 Å². The first-order valence-electron chi connectivity index (χ1n) is 17.0. The van der Waals surface area contributed by atoms with Gasteiger partial charge in [-0.05, 0) is 84.2 Å². The normalized spacial score (nSPS) is 19.9. The summed E-state index contributed by atoms with van der Waals surface area (Å²) < 4.78 is 0. The molecule has 0 fully saturated rings. The minimum atomic E-state index is 0.0494. The summed E-state index contributed by atoms with van der Waals surface area (Å²) in [5, 5.41) is 6.15. The third-order valence-corrected chi connectivity index (χ3v) is 13.0. The Morgan fingerprint density at radius 1 is 0.522 bits per heavy atom. The van der Waals surface area contributed by atoms with Crippen LogP contribution in [0.2, 0.25) is 0 Å². The van der Waals surface area contributed by atoms with Gasteiger partial charge in [-0.1, -0.05) is 130 Å². The van der Waals surface area contributed by atoms with E-state index < -0.39 is 0 Å². The van der Waals surface area contributed by atoms with Gasteiger partial charge in [-0.3, -0.25) is 9.97 Å². The van der Waals surface area contributed by atoms with E-state index in [1.165, 1.54) is 60.3 Å². The lowest BCUT2D eigenvalue weighted by Gasteiger charge is -2.44. The Balaban J connectivity index is 1.26. The number of benzene rings is 4. The van der Waals surface area contributed by atoms with Crippen molar-refractivity contribution in [2.24, 2.45) is 5.41 Å². The fourth-order valence-electron chi connectivity index (χ4n) is 9.55. The van der Waals surface area contributed by atoms with E-state index in [1.54, 1.807) is 0 Å². The van der Waals surface area contributed by atoms with Crippen molar-refractivity contribution >= 4 is 32.4 Å². The fraction of sp³-hybridized carbons (Fsp3) is 0.364. The van der Waals surface area contributed by atoms with Crippen molar-refractivity contribution in [3.8, 4) is 22.4 Å². The molecule has 2 nitrogen and oxygen atoms in total. The molecule has 4 aromatic carbocycles. The summed E-state index contributed by atoms with van der Waals surface area (Å²) in [6, 6.07) is 27.3. The molecule has 232 valence electrons. The SMILES string of the molecule is CC1(C)CC(C)(C)c2c1cnc1c2ccc2cc(-c3cnc(-c4ccc5c(c4)C(C)(C)C(C)(C)C5(C)C)c4ccccc34)ccc21. The van der Waals surface area contributed by atoms with E-state index in [9.17, 15) is 0 Å². The standard InChI is InChI=1S/C44H46N2/c1-40(2)25-41(3,4)37-32-19-16-26-21-27(15-18-29(26)39(32)46-24-36(37)40)33-23-45-38(31-14-12-11-13-30(31)33)28-17-20-34-35(22-28)43(7,8)44(9,10)42(34,5)6/h11-24H,25H2,1-10H3. The molecule has 0 N–H and O–H groups in total. The molecule has 2 heteroatoms. The molecule has 0 saturated carbocycles. The zero-order valence-corrected chi connectivity index (χ0v) is 29.2. The molecule has 0 bridgehead atoms. The molecular formula is C44H46N2. The average molecular weight is 603 g/mol. The second kappa shape index (κ2) is 9.06. The van der Waals surface area contributed by atoms with E-state index in [2.05, 4.69) is 154 Å². The van der Waals surface area contributed by atoms with E-state index in [4.69, 9.17) is 9.97 Å². The van der Waals surface area contributed by atoms with Crippen LogP contribution in [0.1, 0.15) is 97.9 Å². The van der Waals surface area contributed by atoms with Gasteiger partial charge >= 0.3 is 0 Å². The summed E-state index contributed by atoms with van der Waals surface area (Å²) in [7, 11) is 0. The molecule has 46 heavy (non-hydrogen) atoms. The lowest BCUT2D eigenvalue weighted by Crippen LogP contribution is -2.42. The zero-order valence-electron chi connectivity index (χ0n) is 29.2. The predicted octanol–water partition coefficient (Wildman–Crippen LogP) is 11.8. The Hall–Kier alpha value is -4.04. The molecule has 2 aliphatic rings. The maximum absolute atomic E-state index is 5.19. The van der Waals surface area contributed by atoms with Gasteiger partial charge in [-0.2, -0.15) is 0 Å². The van der Waals surface area contributed by atoms with Gasteiger partial charge in [-0.25, -0.2) is 0 Å². The summed E-state index contributed by atoms with van der Waals surface area (Å²) in [4.78, 5) is 10.3. The van der Waals surface area contributed by atoms with E-state index in [0.717, 1.165) is 23.2 Å². The number of fused-ring (bicyclic) bond motifs is 7. The maximum atomic E-state index is 5.19. The number of hydrogen-bond acceptors (Lipinski definition) is 2. The third kappa shape index (κ3) is 3.70.